The molecule has 0 unspecified atom stereocenters. The summed E-state index contributed by atoms with van der Waals surface area (Å²) in [6, 6.07) is 3.48. The number of aryl methyl sites for hydroxylation is 1. The molecule has 2 rings (SSSR count). The minimum atomic E-state index is -4.63. The second-order valence-corrected chi connectivity index (χ2v) is 10.5. The topological polar surface area (TPSA) is 163 Å². The van der Waals surface area contributed by atoms with Crippen molar-refractivity contribution in [3.05, 3.63) is 46.6 Å². The quantitative estimate of drug-likeness (QED) is 0.571. The Kier molecular flexibility index (Phi) is 6.73. The number of benzene rings is 1. The largest absolute Gasteiger partial charge is 0.478 e. The fourth-order valence-corrected chi connectivity index (χ4v) is 5.30. The van der Waals surface area contributed by atoms with Crippen molar-refractivity contribution in [3.8, 4) is 0 Å². The molecular weight excluding hydrogens is 448 g/mol. The Morgan fingerprint density at radius 3 is 2.03 bits per heavy atom. The number of hydrogen-bond acceptors (Lipinski definition) is 7. The van der Waals surface area contributed by atoms with E-state index in [0.717, 1.165) is 16.4 Å². The number of nitrogens with one attached hydrogen (secondary N) is 2. The Balaban J connectivity index is 2.44. The summed E-state index contributed by atoms with van der Waals surface area (Å²) in [5, 5.41) is 11.6. The van der Waals surface area contributed by atoms with Crippen molar-refractivity contribution in [3.63, 3.8) is 0 Å². The van der Waals surface area contributed by atoms with Crippen LogP contribution in [0.1, 0.15) is 27.2 Å². The average Bonchev–Trinajstić information content (AvgIpc) is 2.65. The lowest BCUT2D eigenvalue weighted by Gasteiger charge is -2.16. The van der Waals surface area contributed by atoms with Crippen LogP contribution in [0, 0.1) is 20.8 Å². The zero-order valence-electron chi connectivity index (χ0n) is 17.4. The molecule has 0 aliphatic heterocycles. The van der Waals surface area contributed by atoms with E-state index in [2.05, 4.69) is 10.3 Å². The zero-order chi connectivity index (χ0) is 23.7. The third-order valence-electron chi connectivity index (χ3n) is 4.57. The summed E-state index contributed by atoms with van der Waals surface area (Å²) in [5.74, 6) is -1.69. The summed E-state index contributed by atoms with van der Waals surface area (Å²) >= 11 is 0. The Morgan fingerprint density at radius 1 is 0.968 bits per heavy atom. The van der Waals surface area contributed by atoms with Crippen LogP contribution in [-0.4, -0.2) is 57.3 Å². The van der Waals surface area contributed by atoms with Gasteiger partial charge in [-0.2, -0.15) is 0 Å². The normalized spacial score (nSPS) is 11.9. The van der Waals surface area contributed by atoms with E-state index < -0.39 is 41.8 Å². The van der Waals surface area contributed by atoms with Crippen molar-refractivity contribution < 1.29 is 31.5 Å². The van der Waals surface area contributed by atoms with E-state index in [4.69, 9.17) is 0 Å². The molecular formula is C18H22N4O7S2. The number of hydrogen-bond donors (Lipinski definition) is 3. The van der Waals surface area contributed by atoms with Crippen LogP contribution in [0.2, 0.25) is 0 Å². The number of amides is 2. The van der Waals surface area contributed by atoms with Gasteiger partial charge in [-0.05, 0) is 44.0 Å². The maximum atomic E-state index is 12.7. The molecule has 0 aliphatic carbocycles. The van der Waals surface area contributed by atoms with E-state index >= 15 is 0 Å². The Hall–Kier alpha value is -3.03. The first kappa shape index (κ1) is 24.2. The van der Waals surface area contributed by atoms with Crippen molar-refractivity contribution in [2.45, 2.75) is 30.6 Å². The highest BCUT2D eigenvalue weighted by Gasteiger charge is 2.29. The Bertz CT molecular complexity index is 1270. The molecule has 2 amide bonds. The van der Waals surface area contributed by atoms with Gasteiger partial charge in [-0.25, -0.2) is 40.4 Å². The lowest BCUT2D eigenvalue weighted by molar-refractivity contribution is 0.0696. The third kappa shape index (κ3) is 4.84. The zero-order valence-corrected chi connectivity index (χ0v) is 19.1. The molecule has 0 bridgehead atoms. The van der Waals surface area contributed by atoms with Gasteiger partial charge in [-0.1, -0.05) is 12.1 Å². The molecule has 1 aromatic carbocycles. The van der Waals surface area contributed by atoms with Gasteiger partial charge in [0.05, 0.1) is 0 Å². The number of nitrogens with zero attached hydrogens (tertiary/aromatic N) is 2. The maximum Gasteiger partial charge on any atom is 0.339 e. The van der Waals surface area contributed by atoms with Crippen LogP contribution in [-0.2, 0) is 20.0 Å². The van der Waals surface area contributed by atoms with Crippen molar-refractivity contribution in [1.82, 2.24) is 14.0 Å². The summed E-state index contributed by atoms with van der Waals surface area (Å²) in [7, 11) is -6.29. The monoisotopic (exact) mass is 470 g/mol. The third-order valence-corrected chi connectivity index (χ3v) is 7.96. The highest BCUT2D eigenvalue weighted by atomic mass is 32.2. The molecule has 13 heteroatoms. The number of carbonyl (C=O) groups is 2. The van der Waals surface area contributed by atoms with Crippen molar-refractivity contribution in [2.75, 3.05) is 19.4 Å². The maximum absolute atomic E-state index is 12.7. The number of aromatic nitrogens is 1. The highest BCUT2D eigenvalue weighted by molar-refractivity contribution is 7.92. The van der Waals surface area contributed by atoms with Gasteiger partial charge in [0.15, 0.2) is 0 Å². The molecule has 0 fully saturated rings. The number of anilines is 1. The van der Waals surface area contributed by atoms with Crippen LogP contribution in [0.4, 0.5) is 10.6 Å². The van der Waals surface area contributed by atoms with Crippen molar-refractivity contribution >= 4 is 37.9 Å². The number of carboxylic acid groups (broad SMARTS) is 1. The van der Waals surface area contributed by atoms with Gasteiger partial charge in [-0.15, -0.1) is 0 Å². The Labute approximate surface area is 180 Å². The number of aromatic carboxylic acids is 1. The summed E-state index contributed by atoms with van der Waals surface area (Å²) in [4.78, 5) is 26.9. The van der Waals surface area contributed by atoms with Gasteiger partial charge in [0.25, 0.3) is 10.0 Å². The van der Waals surface area contributed by atoms with Crippen LogP contribution in [0.3, 0.4) is 0 Å². The number of urea groups is 1. The number of sulfonamides is 2. The lowest BCUT2D eigenvalue weighted by atomic mass is 10.0. The fourth-order valence-electron chi connectivity index (χ4n) is 2.69. The summed E-state index contributed by atoms with van der Waals surface area (Å²) < 4.78 is 52.9. The van der Waals surface area contributed by atoms with E-state index in [1.54, 1.807) is 18.6 Å². The number of pyridine rings is 1. The second-order valence-electron chi connectivity index (χ2n) is 6.77. The predicted molar refractivity (Wildman–Crippen MR) is 112 cm³/mol. The van der Waals surface area contributed by atoms with Crippen LogP contribution >= 0.6 is 0 Å². The molecule has 0 radical (unpaired) electrons. The van der Waals surface area contributed by atoms with Gasteiger partial charge in [0, 0.05) is 19.8 Å². The standard InChI is InChI=1S/C18H22N4O7S2/c1-10-11(2)15(17(23)24)16(19-12(10)3)20-18(25)21-30(26,27)13-8-6-7-9-14(13)31(28,29)22(4)5/h6-9H,1-5H3,(H,23,24)(H2,19,20,21,25). The molecule has 11 nitrogen and oxygen atoms in total. The first-order valence-electron chi connectivity index (χ1n) is 8.76. The number of carboxylic acids is 1. The summed E-state index contributed by atoms with van der Waals surface area (Å²) in [6.45, 7) is 4.81. The minimum Gasteiger partial charge on any atom is -0.478 e. The molecule has 0 saturated carbocycles. The lowest BCUT2D eigenvalue weighted by Crippen LogP contribution is -2.36. The van der Waals surface area contributed by atoms with E-state index in [-0.39, 0.29) is 11.4 Å². The summed E-state index contributed by atoms with van der Waals surface area (Å²) in [6.07, 6.45) is 0. The van der Waals surface area contributed by atoms with Gasteiger partial charge >= 0.3 is 12.0 Å². The highest BCUT2D eigenvalue weighted by Crippen LogP contribution is 2.24. The number of carbonyl (C=O) groups excluding carboxylic acids is 1. The molecule has 0 saturated heterocycles. The van der Waals surface area contributed by atoms with Crippen molar-refractivity contribution in [1.29, 1.82) is 0 Å². The smallest absolute Gasteiger partial charge is 0.339 e. The SMILES string of the molecule is Cc1nc(NC(=O)NS(=O)(=O)c2ccccc2S(=O)(=O)N(C)C)c(C(=O)O)c(C)c1C. The molecule has 0 aliphatic rings. The molecule has 1 aromatic heterocycles. The van der Waals surface area contributed by atoms with E-state index in [9.17, 15) is 31.5 Å². The fraction of sp³-hybridized carbons (Fsp3) is 0.278. The van der Waals surface area contributed by atoms with Gasteiger partial charge in [0.1, 0.15) is 21.2 Å². The Morgan fingerprint density at radius 2 is 1.52 bits per heavy atom. The molecule has 31 heavy (non-hydrogen) atoms. The first-order valence-corrected chi connectivity index (χ1v) is 11.7. The first-order chi connectivity index (χ1) is 14.2. The van der Waals surface area contributed by atoms with Crippen molar-refractivity contribution in [2.24, 2.45) is 0 Å². The van der Waals surface area contributed by atoms with Crippen LogP contribution in [0.5, 0.6) is 0 Å². The number of rotatable bonds is 6. The second kappa shape index (κ2) is 8.61. The van der Waals surface area contributed by atoms with Gasteiger partial charge < -0.3 is 5.11 Å². The predicted octanol–water partition coefficient (Wildman–Crippen LogP) is 1.47. The van der Waals surface area contributed by atoms with Gasteiger partial charge in [0.2, 0.25) is 10.0 Å². The molecule has 0 atom stereocenters. The van der Waals surface area contributed by atoms with E-state index in [1.807, 2.05) is 0 Å². The molecule has 3 N–H and O–H groups in total. The minimum absolute atomic E-state index is 0.286. The molecule has 1 heterocycles. The van der Waals surface area contributed by atoms with Gasteiger partial charge in [-0.3, -0.25) is 5.32 Å². The summed E-state index contributed by atoms with van der Waals surface area (Å²) in [5.41, 5.74) is 1.13. The van der Waals surface area contributed by atoms with Crippen LogP contribution in [0.15, 0.2) is 34.1 Å². The molecule has 168 valence electrons. The average molecular weight is 471 g/mol. The molecule has 2 aromatic rings. The van der Waals surface area contributed by atoms with Crippen LogP contribution in [0.25, 0.3) is 0 Å². The van der Waals surface area contributed by atoms with E-state index in [1.165, 1.54) is 33.2 Å². The van der Waals surface area contributed by atoms with Crippen LogP contribution < -0.4 is 10.0 Å². The molecule has 0 spiro atoms. The van der Waals surface area contributed by atoms with E-state index in [0.29, 0.717) is 16.8 Å².